The molecule has 0 aromatic rings. The third-order valence-corrected chi connectivity index (χ3v) is 2.38. The summed E-state index contributed by atoms with van der Waals surface area (Å²) in [5.41, 5.74) is -2.18. The van der Waals surface area contributed by atoms with Gasteiger partial charge in [-0.2, -0.15) is 0 Å². The van der Waals surface area contributed by atoms with Crippen LogP contribution in [0.4, 0.5) is 0 Å². The molecule has 0 aliphatic heterocycles. The second-order valence-electron chi connectivity index (χ2n) is 9.29. The number of rotatable bonds is 6. The van der Waals surface area contributed by atoms with Crippen LogP contribution in [0.1, 0.15) is 81.6 Å². The van der Waals surface area contributed by atoms with Crippen LogP contribution in [-0.2, 0) is 0 Å². The van der Waals surface area contributed by atoms with Crippen molar-refractivity contribution >= 4 is 14.6 Å². The molecule has 0 aliphatic rings. The van der Waals surface area contributed by atoms with Crippen molar-refractivity contribution in [2.75, 3.05) is 0 Å². The highest BCUT2D eigenvalue weighted by atomic mass is 16.5. The molecule has 14 heteroatoms. The van der Waals surface area contributed by atoms with Crippen molar-refractivity contribution in [3.8, 4) is 0 Å². The lowest BCUT2D eigenvalue weighted by molar-refractivity contribution is 0.0238. The van der Waals surface area contributed by atoms with Crippen LogP contribution in [-0.4, -0.2) is 111 Å². The van der Waals surface area contributed by atoms with E-state index in [-0.39, 0.29) is 0 Å². The zero-order chi connectivity index (χ0) is 27.5. The van der Waals surface area contributed by atoms with Gasteiger partial charge in [0.05, 0.1) is 35.1 Å². The molecule has 3 atom stereocenters. The molecule has 0 fully saturated rings. The van der Waals surface area contributed by atoms with E-state index in [2.05, 4.69) is 0 Å². The molecule has 0 bridgehead atoms. The van der Waals surface area contributed by atoms with Gasteiger partial charge >= 0.3 is 14.6 Å². The van der Waals surface area contributed by atoms with E-state index in [4.69, 9.17) is 60.8 Å². The molecular weight excluding hydrogens is 430 g/mol. The summed E-state index contributed by atoms with van der Waals surface area (Å²) in [6, 6.07) is 0. The van der Waals surface area contributed by atoms with Crippen molar-refractivity contribution in [3.05, 3.63) is 0 Å². The fourth-order valence-electron chi connectivity index (χ4n) is 2.17. The molecule has 0 rings (SSSR count). The first-order chi connectivity index (χ1) is 13.7. The predicted molar refractivity (Wildman–Crippen MR) is 123 cm³/mol. The van der Waals surface area contributed by atoms with Crippen molar-refractivity contribution in [2.24, 2.45) is 0 Å². The van der Waals surface area contributed by atoms with Crippen molar-refractivity contribution in [2.45, 2.75) is 117 Å². The monoisotopic (exact) mass is 478 g/mol. The Morgan fingerprint density at radius 1 is 0.469 bits per heavy atom. The average molecular weight is 478 g/mol. The highest BCUT2D eigenvalue weighted by molar-refractivity contribution is 6.30. The summed E-state index contributed by atoms with van der Waals surface area (Å²) >= 11 is 0. The zero-order valence-corrected chi connectivity index (χ0v) is 20.9. The van der Waals surface area contributed by atoms with Crippen LogP contribution in [0.5, 0.6) is 0 Å². The first kappa shape index (κ1) is 41.9. The Balaban J connectivity index is -0.0000000980. The van der Waals surface area contributed by atoms with Crippen LogP contribution >= 0.6 is 0 Å². The third kappa shape index (κ3) is 113. The molecule has 0 saturated carbocycles. The Morgan fingerprint density at radius 2 is 0.562 bits per heavy atom. The lowest BCUT2D eigenvalue weighted by Crippen LogP contribution is -2.24. The van der Waals surface area contributed by atoms with E-state index in [9.17, 15) is 0 Å². The van der Waals surface area contributed by atoms with Crippen LogP contribution in [0.3, 0.4) is 0 Å². The van der Waals surface area contributed by atoms with Crippen LogP contribution in [0.2, 0.25) is 0 Å². The molecule has 198 valence electrons. The first-order valence-electron chi connectivity index (χ1n) is 10.0. The average Bonchev–Trinajstić information content (AvgIpc) is 2.27. The Hall–Kier alpha value is -0.350. The summed E-state index contributed by atoms with van der Waals surface area (Å²) in [5.74, 6) is 0. The highest BCUT2D eigenvalue weighted by Gasteiger charge is 2.15. The van der Waals surface area contributed by atoms with Crippen molar-refractivity contribution in [3.63, 3.8) is 0 Å². The topological polar surface area (TPSA) is 243 Å². The molecular formula is C18H48B2O12. The fraction of sp³-hybridized carbons (Fsp3) is 1.00. The maximum absolute atomic E-state index is 9.03. The SMILES string of the molecule is CC(O)CC(C)(C)O.CC(O)CC(C)(C)O.CC(O)CC(C)(C)O.OB(O)O.OB(O)O. The van der Waals surface area contributed by atoms with E-state index in [1.807, 2.05) is 0 Å². The molecule has 0 radical (unpaired) electrons. The molecule has 0 spiro atoms. The van der Waals surface area contributed by atoms with Gasteiger partial charge < -0.3 is 60.8 Å². The van der Waals surface area contributed by atoms with E-state index in [1.165, 1.54) is 0 Å². The minimum Gasteiger partial charge on any atom is -0.402 e. The Labute approximate surface area is 192 Å². The summed E-state index contributed by atoms with van der Waals surface area (Å²) in [7, 11) is -4.33. The minimum absolute atomic E-state index is 0.407. The standard InChI is InChI=1S/3C6H14O2.2BH3O3/c3*1-5(7)4-6(2,3)8;2*2-1(3)4/h3*5,7-8H,4H2,1-3H3;2*2-4H. The number of hydrogen-bond acceptors (Lipinski definition) is 12. The number of hydrogen-bond donors (Lipinski definition) is 12. The molecule has 3 unspecified atom stereocenters. The molecule has 0 aliphatic carbocycles. The molecule has 0 amide bonds. The third-order valence-electron chi connectivity index (χ3n) is 2.38. The summed E-state index contributed by atoms with van der Waals surface area (Å²) in [6.45, 7) is 15.1. The van der Waals surface area contributed by atoms with E-state index in [0.717, 1.165) is 0 Å². The van der Waals surface area contributed by atoms with Gasteiger partial charge in [0, 0.05) is 19.3 Å². The summed E-state index contributed by atoms with van der Waals surface area (Å²) in [4.78, 5) is 0. The lowest BCUT2D eigenvalue weighted by Gasteiger charge is -2.18. The molecule has 0 saturated heterocycles. The van der Waals surface area contributed by atoms with Crippen LogP contribution in [0.25, 0.3) is 0 Å². The predicted octanol–water partition coefficient (Wildman–Crippen LogP) is -2.52. The fourth-order valence-corrected chi connectivity index (χ4v) is 2.17. The Kier molecular flexibility index (Phi) is 27.7. The quantitative estimate of drug-likeness (QED) is 0.177. The van der Waals surface area contributed by atoms with Crippen LogP contribution in [0.15, 0.2) is 0 Å². The summed E-state index contributed by atoms with van der Waals surface area (Å²) in [6.07, 6.45) is 0.0903. The van der Waals surface area contributed by atoms with Gasteiger partial charge in [0.15, 0.2) is 0 Å². The van der Waals surface area contributed by atoms with E-state index >= 15 is 0 Å². The molecule has 12 N–H and O–H groups in total. The van der Waals surface area contributed by atoms with Crippen molar-refractivity contribution in [1.82, 2.24) is 0 Å². The maximum Gasteiger partial charge on any atom is 0.631 e. The second kappa shape index (κ2) is 21.2. The minimum atomic E-state index is -2.17. The molecule has 0 aromatic heterocycles. The van der Waals surface area contributed by atoms with Gasteiger partial charge in [-0.1, -0.05) is 0 Å². The van der Waals surface area contributed by atoms with Crippen LogP contribution in [0, 0.1) is 0 Å². The molecule has 32 heavy (non-hydrogen) atoms. The summed E-state index contributed by atoms with van der Waals surface area (Å²) < 4.78 is 0. The van der Waals surface area contributed by atoms with E-state index < -0.39 is 49.8 Å². The first-order valence-corrected chi connectivity index (χ1v) is 10.0. The highest BCUT2D eigenvalue weighted by Crippen LogP contribution is 2.10. The van der Waals surface area contributed by atoms with E-state index in [0.29, 0.717) is 19.3 Å². The van der Waals surface area contributed by atoms with Gasteiger partial charge in [-0.15, -0.1) is 0 Å². The summed E-state index contributed by atoms with van der Waals surface area (Å²) in [5, 5.41) is 96.3. The van der Waals surface area contributed by atoms with Gasteiger partial charge in [-0.3, -0.25) is 0 Å². The second-order valence-corrected chi connectivity index (χ2v) is 9.29. The van der Waals surface area contributed by atoms with Gasteiger partial charge in [-0.05, 0) is 62.3 Å². The van der Waals surface area contributed by atoms with Gasteiger partial charge in [-0.25, -0.2) is 0 Å². The largest absolute Gasteiger partial charge is 0.631 e. The van der Waals surface area contributed by atoms with Crippen molar-refractivity contribution in [1.29, 1.82) is 0 Å². The van der Waals surface area contributed by atoms with Gasteiger partial charge in [0.1, 0.15) is 0 Å². The van der Waals surface area contributed by atoms with E-state index in [1.54, 1.807) is 62.3 Å². The molecule has 12 nitrogen and oxygen atoms in total. The maximum atomic E-state index is 9.03. The molecule has 0 aromatic carbocycles. The molecule has 0 heterocycles. The number of aliphatic hydroxyl groups excluding tert-OH is 3. The van der Waals surface area contributed by atoms with Crippen LogP contribution < -0.4 is 0 Å². The van der Waals surface area contributed by atoms with Crippen molar-refractivity contribution < 1.29 is 60.8 Å². The van der Waals surface area contributed by atoms with Gasteiger partial charge in [0.25, 0.3) is 0 Å². The zero-order valence-electron chi connectivity index (χ0n) is 20.9. The van der Waals surface area contributed by atoms with Gasteiger partial charge in [0.2, 0.25) is 0 Å². The lowest BCUT2D eigenvalue weighted by atomic mass is 10.0. The Bertz CT molecular complexity index is 315. The normalized spacial score (nSPS) is 13.8. The Morgan fingerprint density at radius 3 is 0.562 bits per heavy atom. The smallest absolute Gasteiger partial charge is 0.402 e. The number of aliphatic hydroxyl groups is 6.